The zero-order chi connectivity index (χ0) is 33.2. The smallest absolute Gasteiger partial charge is 0.228 e. The molecule has 0 bridgehead atoms. The van der Waals surface area contributed by atoms with E-state index in [9.17, 15) is 9.18 Å². The molecule has 0 saturated carbocycles. The Hall–Kier alpha value is -5.94. The van der Waals surface area contributed by atoms with Gasteiger partial charge in [0, 0.05) is 41.5 Å². The number of carbonyl (C=O) groups excluding carboxylic acids is 1. The van der Waals surface area contributed by atoms with E-state index >= 15 is 0 Å². The molecule has 1 amide bonds. The molecule has 7 aromatic rings. The second kappa shape index (κ2) is 13.3. The number of nitrogens with one attached hydrogen (secondary N) is 3. The van der Waals surface area contributed by atoms with Crippen molar-refractivity contribution < 1.29 is 13.9 Å². The Labute approximate surface area is 281 Å². The molecule has 1 aliphatic rings. The topological polar surface area (TPSA) is 125 Å². The van der Waals surface area contributed by atoms with Crippen molar-refractivity contribution in [2.75, 3.05) is 31.6 Å². The summed E-state index contributed by atoms with van der Waals surface area (Å²) in [5, 5.41) is 11.5. The third-order valence-electron chi connectivity index (χ3n) is 8.79. The van der Waals surface area contributed by atoms with Crippen LogP contribution in [0.25, 0.3) is 55.8 Å². The molecule has 1 fully saturated rings. The van der Waals surface area contributed by atoms with Crippen LogP contribution in [0.15, 0.2) is 97.5 Å². The number of amides is 1. The van der Waals surface area contributed by atoms with Gasteiger partial charge < -0.3 is 15.0 Å². The van der Waals surface area contributed by atoms with Crippen molar-refractivity contribution in [1.29, 1.82) is 0 Å². The van der Waals surface area contributed by atoms with Gasteiger partial charge in [-0.3, -0.25) is 19.8 Å². The molecule has 11 heteroatoms. The summed E-state index contributed by atoms with van der Waals surface area (Å²) >= 11 is 0. The summed E-state index contributed by atoms with van der Waals surface area (Å²) in [6.07, 6.45) is 7.77. The fraction of sp³-hybridized carbons (Fsp3) is 0.184. The highest BCUT2D eigenvalue weighted by Crippen LogP contribution is 2.34. The lowest BCUT2D eigenvalue weighted by Gasteiger charge is -2.15. The number of carbonyl (C=O) groups is 1. The minimum atomic E-state index is -0.380. The fourth-order valence-electron chi connectivity index (χ4n) is 6.38. The van der Waals surface area contributed by atoms with E-state index in [0.717, 1.165) is 52.8 Å². The number of likely N-dealkylation sites (tertiary alicyclic amines) is 1. The van der Waals surface area contributed by atoms with E-state index in [1.54, 1.807) is 18.6 Å². The average molecular weight is 653 g/mol. The Balaban J connectivity index is 1.06. The molecule has 1 saturated heterocycles. The molecule has 1 aliphatic heterocycles. The van der Waals surface area contributed by atoms with Crippen molar-refractivity contribution >= 4 is 33.7 Å². The van der Waals surface area contributed by atoms with Gasteiger partial charge in [0.15, 0.2) is 11.5 Å². The first-order valence-corrected chi connectivity index (χ1v) is 16.3. The van der Waals surface area contributed by atoms with Crippen molar-refractivity contribution in [3.63, 3.8) is 0 Å². The molecule has 244 valence electrons. The van der Waals surface area contributed by atoms with Gasteiger partial charge in [0.1, 0.15) is 29.4 Å². The second-order valence-electron chi connectivity index (χ2n) is 12.2. The number of nitrogens with zero attached hydrogens (tertiary/aromatic N) is 5. The van der Waals surface area contributed by atoms with Crippen LogP contribution in [0.4, 0.5) is 10.1 Å². The Kier molecular flexibility index (Phi) is 8.24. The van der Waals surface area contributed by atoms with Crippen molar-refractivity contribution in [2.24, 2.45) is 0 Å². The zero-order valence-electron chi connectivity index (χ0n) is 26.6. The van der Waals surface area contributed by atoms with Crippen LogP contribution in [0.1, 0.15) is 18.4 Å². The van der Waals surface area contributed by atoms with Crippen LogP contribution in [0.5, 0.6) is 5.75 Å². The molecule has 0 unspecified atom stereocenters. The molecule has 5 heterocycles. The van der Waals surface area contributed by atoms with E-state index in [4.69, 9.17) is 9.72 Å². The molecule has 10 nitrogen and oxygen atoms in total. The number of ether oxygens (including phenoxy) is 1. The Morgan fingerprint density at radius 1 is 0.939 bits per heavy atom. The highest BCUT2D eigenvalue weighted by molar-refractivity contribution is 5.98. The molecule has 4 aromatic heterocycles. The van der Waals surface area contributed by atoms with Gasteiger partial charge in [-0.05, 0) is 79.0 Å². The van der Waals surface area contributed by atoms with Crippen molar-refractivity contribution in [1.82, 2.24) is 35.0 Å². The lowest BCUT2D eigenvalue weighted by atomic mass is 10.0. The van der Waals surface area contributed by atoms with Gasteiger partial charge in [0.25, 0.3) is 0 Å². The van der Waals surface area contributed by atoms with Crippen molar-refractivity contribution in [2.45, 2.75) is 19.3 Å². The zero-order valence-corrected chi connectivity index (χ0v) is 26.6. The first-order valence-electron chi connectivity index (χ1n) is 16.3. The molecule has 49 heavy (non-hydrogen) atoms. The Morgan fingerprint density at radius 2 is 1.82 bits per heavy atom. The minimum absolute atomic E-state index is 0.116. The van der Waals surface area contributed by atoms with Crippen LogP contribution in [0.3, 0.4) is 0 Å². The lowest BCUT2D eigenvalue weighted by Crippen LogP contribution is -2.25. The number of H-pyrrole nitrogens is 2. The molecule has 3 aromatic carbocycles. The third-order valence-corrected chi connectivity index (χ3v) is 8.79. The van der Waals surface area contributed by atoms with E-state index in [1.807, 2.05) is 66.7 Å². The number of benzene rings is 3. The molecule has 0 radical (unpaired) electrons. The first-order chi connectivity index (χ1) is 24.1. The standard InChI is InChI=1S/C38H33FN8O2/c39-28-17-26(19-30(21-28)49-15-14-47-12-4-5-13-47)31-10-11-41-37-35(31)43-38(44-37)36-32-20-25(8-9-33(32)45-46-36)27-18-29(23-40-22-27)42-34(48)16-24-6-2-1-3-7-24/h1-3,6-11,17-23H,4-5,12-16H2,(H,42,48)(H,45,46)(H,41,43,44). The maximum Gasteiger partial charge on any atom is 0.228 e. The van der Waals surface area contributed by atoms with Gasteiger partial charge in [-0.1, -0.05) is 36.4 Å². The summed E-state index contributed by atoms with van der Waals surface area (Å²) in [6.45, 7) is 3.49. The fourth-order valence-corrected chi connectivity index (χ4v) is 6.38. The van der Waals surface area contributed by atoms with Crippen LogP contribution >= 0.6 is 0 Å². The van der Waals surface area contributed by atoms with E-state index < -0.39 is 0 Å². The van der Waals surface area contributed by atoms with Gasteiger partial charge >= 0.3 is 0 Å². The molecule has 3 N–H and O–H groups in total. The number of hydrogen-bond donors (Lipinski definition) is 3. The van der Waals surface area contributed by atoms with E-state index in [2.05, 4.69) is 35.4 Å². The van der Waals surface area contributed by atoms with E-state index in [1.165, 1.54) is 25.0 Å². The second-order valence-corrected chi connectivity index (χ2v) is 12.2. The number of halogens is 1. The lowest BCUT2D eigenvalue weighted by molar-refractivity contribution is -0.115. The van der Waals surface area contributed by atoms with E-state index in [-0.39, 0.29) is 18.1 Å². The van der Waals surface area contributed by atoms with Gasteiger partial charge in [-0.15, -0.1) is 0 Å². The van der Waals surface area contributed by atoms with Crippen LogP contribution < -0.4 is 10.1 Å². The van der Waals surface area contributed by atoms with Gasteiger partial charge in [0.2, 0.25) is 5.91 Å². The maximum atomic E-state index is 14.8. The summed E-state index contributed by atoms with van der Waals surface area (Å²) in [7, 11) is 0. The number of rotatable bonds is 10. The number of aromatic amines is 2. The summed E-state index contributed by atoms with van der Waals surface area (Å²) < 4.78 is 20.8. The van der Waals surface area contributed by atoms with Crippen LogP contribution in [0.2, 0.25) is 0 Å². The molecule has 0 atom stereocenters. The predicted molar refractivity (Wildman–Crippen MR) is 188 cm³/mol. The van der Waals surface area contributed by atoms with Gasteiger partial charge in [-0.25, -0.2) is 14.4 Å². The maximum absolute atomic E-state index is 14.8. The highest BCUT2D eigenvalue weighted by Gasteiger charge is 2.18. The quantitative estimate of drug-likeness (QED) is 0.145. The van der Waals surface area contributed by atoms with Crippen LogP contribution in [-0.4, -0.2) is 67.2 Å². The number of anilines is 1. The summed E-state index contributed by atoms with van der Waals surface area (Å²) in [4.78, 5) is 32.2. The highest BCUT2D eigenvalue weighted by atomic mass is 19.1. The number of aromatic nitrogens is 6. The van der Waals surface area contributed by atoms with Crippen LogP contribution in [-0.2, 0) is 11.2 Å². The van der Waals surface area contributed by atoms with E-state index in [0.29, 0.717) is 46.3 Å². The summed E-state index contributed by atoms with van der Waals surface area (Å²) in [6, 6.07) is 24.0. The Bertz CT molecular complexity index is 2280. The van der Waals surface area contributed by atoms with Gasteiger partial charge in [0.05, 0.1) is 23.8 Å². The predicted octanol–water partition coefficient (Wildman–Crippen LogP) is 7.03. The summed E-state index contributed by atoms with van der Waals surface area (Å²) in [5.74, 6) is 0.511. The molecular formula is C38H33FN8O2. The van der Waals surface area contributed by atoms with Gasteiger partial charge in [-0.2, -0.15) is 5.10 Å². The minimum Gasteiger partial charge on any atom is -0.492 e. The largest absolute Gasteiger partial charge is 0.492 e. The third kappa shape index (κ3) is 6.61. The monoisotopic (exact) mass is 652 g/mol. The van der Waals surface area contributed by atoms with Crippen molar-refractivity contribution in [3.05, 3.63) is 109 Å². The first kappa shape index (κ1) is 30.4. The molecule has 8 rings (SSSR count). The summed E-state index contributed by atoms with van der Waals surface area (Å²) in [5.41, 5.74) is 7.27. The molecular weight excluding hydrogens is 619 g/mol. The molecule has 0 aliphatic carbocycles. The number of imidazole rings is 1. The SMILES string of the molecule is O=C(Cc1ccccc1)Nc1cncc(-c2ccc3[nH]nc(-c4nc5c(-c6cc(F)cc(OCCN7CCCC7)c6)ccnc5[nH]4)c3c2)c1. The molecule has 0 spiro atoms. The van der Waals surface area contributed by atoms with Crippen molar-refractivity contribution in [3.8, 4) is 39.5 Å². The number of hydrogen-bond acceptors (Lipinski definition) is 7. The normalized spacial score (nSPS) is 13.3. The van der Waals surface area contributed by atoms with Crippen LogP contribution in [0, 0.1) is 5.82 Å². The number of pyridine rings is 2. The average Bonchev–Trinajstić information content (AvgIpc) is 3.88. The Morgan fingerprint density at radius 3 is 2.69 bits per heavy atom. The number of fused-ring (bicyclic) bond motifs is 2.